The molecule has 2 aromatic rings. The van der Waals surface area contributed by atoms with Crippen molar-refractivity contribution in [3.8, 4) is 0 Å². The van der Waals surface area contributed by atoms with E-state index < -0.39 is 0 Å². The average molecular weight is 317 g/mol. The minimum Gasteiger partial charge on any atom is -0.326 e. The predicted molar refractivity (Wildman–Crippen MR) is 90.7 cm³/mol. The van der Waals surface area contributed by atoms with Crippen LogP contribution in [0.5, 0.6) is 0 Å². The third-order valence-electron chi connectivity index (χ3n) is 4.43. The summed E-state index contributed by atoms with van der Waals surface area (Å²) in [5.41, 5.74) is 1.89. The second kappa shape index (κ2) is 6.55. The third kappa shape index (κ3) is 3.80. The lowest BCUT2D eigenvalue weighted by Crippen LogP contribution is -2.32. The Balaban J connectivity index is 1.51. The van der Waals surface area contributed by atoms with Crippen molar-refractivity contribution in [3.63, 3.8) is 0 Å². The van der Waals surface area contributed by atoms with Crippen LogP contribution < -0.4 is 11.0 Å². The van der Waals surface area contributed by atoms with E-state index in [0.717, 1.165) is 31.6 Å². The molecule has 124 valence electrons. The normalized spacial score (nSPS) is 18.8. The Morgan fingerprint density at radius 2 is 2.13 bits per heavy atom. The second-order valence-electron chi connectivity index (χ2n) is 6.34. The Hall–Kier alpha value is -2.12. The Bertz CT molecular complexity index is 748. The fraction of sp³-hybridized carbons (Fsp3) is 0.500. The molecule has 1 saturated heterocycles. The summed E-state index contributed by atoms with van der Waals surface area (Å²) in [5, 5.41) is 2.89. The van der Waals surface area contributed by atoms with Gasteiger partial charge in [-0.1, -0.05) is 0 Å². The molecule has 3 N–H and O–H groups in total. The van der Waals surface area contributed by atoms with Crippen molar-refractivity contribution < 1.29 is 4.79 Å². The first kappa shape index (κ1) is 15.8. The molecule has 23 heavy (non-hydrogen) atoms. The van der Waals surface area contributed by atoms with Crippen LogP contribution in [0.15, 0.2) is 23.0 Å². The van der Waals surface area contributed by atoms with Crippen molar-refractivity contribution in [3.05, 3.63) is 28.7 Å². The number of carbonyl (C=O) groups is 1. The largest absolute Gasteiger partial charge is 0.326 e. The molecule has 0 spiro atoms. The maximum absolute atomic E-state index is 12.1. The van der Waals surface area contributed by atoms with Crippen LogP contribution in [0.4, 0.5) is 5.69 Å². The van der Waals surface area contributed by atoms with Crippen molar-refractivity contribution in [1.82, 2.24) is 19.8 Å². The number of carbonyl (C=O) groups excluding carboxylic acids is 1. The molecule has 1 amide bonds. The van der Waals surface area contributed by atoms with E-state index in [2.05, 4.69) is 39.2 Å². The molecular weight excluding hydrogens is 294 g/mol. The van der Waals surface area contributed by atoms with Gasteiger partial charge in [-0.25, -0.2) is 4.79 Å². The number of aromatic amines is 2. The fourth-order valence-corrected chi connectivity index (χ4v) is 3.03. The van der Waals surface area contributed by atoms with E-state index >= 15 is 0 Å². The zero-order chi connectivity index (χ0) is 16.4. The van der Waals surface area contributed by atoms with Gasteiger partial charge >= 0.3 is 5.69 Å². The van der Waals surface area contributed by atoms with E-state index in [1.165, 1.54) is 0 Å². The van der Waals surface area contributed by atoms with Crippen molar-refractivity contribution in [1.29, 1.82) is 0 Å². The third-order valence-corrected chi connectivity index (χ3v) is 4.43. The highest BCUT2D eigenvalue weighted by molar-refractivity contribution is 5.93. The topological polar surface area (TPSA) is 84.2 Å². The van der Waals surface area contributed by atoms with Crippen LogP contribution in [0.3, 0.4) is 0 Å². The summed E-state index contributed by atoms with van der Waals surface area (Å²) in [7, 11) is 4.20. The van der Waals surface area contributed by atoms with Gasteiger partial charge in [0.05, 0.1) is 11.0 Å². The molecule has 0 unspecified atom stereocenters. The van der Waals surface area contributed by atoms with Gasteiger partial charge in [-0.15, -0.1) is 0 Å². The second-order valence-corrected chi connectivity index (χ2v) is 6.34. The zero-order valence-electron chi connectivity index (χ0n) is 13.6. The monoisotopic (exact) mass is 317 g/mol. The van der Waals surface area contributed by atoms with Gasteiger partial charge in [0.2, 0.25) is 5.91 Å². The maximum atomic E-state index is 12.1. The highest BCUT2D eigenvalue weighted by Crippen LogP contribution is 2.16. The molecule has 2 heterocycles. The predicted octanol–water partition coefficient (Wildman–Crippen LogP) is 0.821. The van der Waals surface area contributed by atoms with E-state index in [0.29, 0.717) is 23.7 Å². The summed E-state index contributed by atoms with van der Waals surface area (Å²) in [6.45, 7) is 2.85. The summed E-state index contributed by atoms with van der Waals surface area (Å²) in [6, 6.07) is 5.93. The van der Waals surface area contributed by atoms with Gasteiger partial charge in [0.15, 0.2) is 0 Å². The lowest BCUT2D eigenvalue weighted by Gasteiger charge is -2.20. The van der Waals surface area contributed by atoms with Gasteiger partial charge in [-0.2, -0.15) is 0 Å². The molecule has 3 rings (SSSR count). The number of hydrogen-bond donors (Lipinski definition) is 3. The first-order chi connectivity index (χ1) is 11.0. The van der Waals surface area contributed by atoms with Crippen molar-refractivity contribution >= 4 is 22.6 Å². The summed E-state index contributed by atoms with van der Waals surface area (Å²) in [6.07, 6.45) is 1.63. The van der Waals surface area contributed by atoms with Gasteiger partial charge in [0.25, 0.3) is 0 Å². The number of nitrogens with one attached hydrogen (secondary N) is 3. The van der Waals surface area contributed by atoms with Crippen molar-refractivity contribution in [2.75, 3.05) is 39.0 Å². The smallest absolute Gasteiger partial charge is 0.323 e. The van der Waals surface area contributed by atoms with Crippen molar-refractivity contribution in [2.45, 2.75) is 18.9 Å². The van der Waals surface area contributed by atoms with E-state index in [1.54, 1.807) is 18.2 Å². The van der Waals surface area contributed by atoms with Crippen molar-refractivity contribution in [2.24, 2.45) is 0 Å². The van der Waals surface area contributed by atoms with Crippen LogP contribution in [0.25, 0.3) is 11.0 Å². The van der Waals surface area contributed by atoms with Gasteiger partial charge in [-0.3, -0.25) is 4.79 Å². The lowest BCUT2D eigenvalue weighted by molar-refractivity contribution is -0.116. The number of imidazole rings is 1. The van der Waals surface area contributed by atoms with E-state index in [4.69, 9.17) is 0 Å². The summed E-state index contributed by atoms with van der Waals surface area (Å²) in [5.74, 6) is -0.00413. The number of amides is 1. The average Bonchev–Trinajstić information content (AvgIpc) is 3.10. The molecule has 0 saturated carbocycles. The van der Waals surface area contributed by atoms with Crippen LogP contribution in [-0.4, -0.2) is 65.4 Å². The number of H-pyrrole nitrogens is 2. The number of likely N-dealkylation sites (tertiary alicyclic amines) is 1. The Morgan fingerprint density at radius 3 is 2.87 bits per heavy atom. The fourth-order valence-electron chi connectivity index (χ4n) is 3.03. The molecule has 0 aliphatic carbocycles. The molecule has 7 nitrogen and oxygen atoms in total. The molecular formula is C16H23N5O2. The quantitative estimate of drug-likeness (QED) is 0.762. The molecule has 1 aliphatic rings. The van der Waals surface area contributed by atoms with Gasteiger partial charge < -0.3 is 25.1 Å². The highest BCUT2D eigenvalue weighted by atomic mass is 16.1. The van der Waals surface area contributed by atoms with Crippen LogP contribution in [0.2, 0.25) is 0 Å². The zero-order valence-corrected chi connectivity index (χ0v) is 13.6. The molecule has 1 fully saturated rings. The molecule has 0 bridgehead atoms. The van der Waals surface area contributed by atoms with Crippen LogP contribution in [-0.2, 0) is 4.79 Å². The molecule has 1 aromatic carbocycles. The summed E-state index contributed by atoms with van der Waals surface area (Å²) < 4.78 is 0. The number of benzene rings is 1. The summed E-state index contributed by atoms with van der Waals surface area (Å²) >= 11 is 0. The number of rotatable bonds is 5. The number of aromatic nitrogens is 2. The number of likely N-dealkylation sites (N-methyl/N-ethyl adjacent to an activating group) is 1. The number of fused-ring (bicyclic) bond motifs is 1. The number of hydrogen-bond acceptors (Lipinski definition) is 4. The van der Waals surface area contributed by atoms with Crippen LogP contribution >= 0.6 is 0 Å². The Kier molecular flexibility index (Phi) is 4.49. The van der Waals surface area contributed by atoms with E-state index in [1.807, 2.05) is 0 Å². The lowest BCUT2D eigenvalue weighted by atomic mass is 10.2. The Morgan fingerprint density at radius 1 is 1.35 bits per heavy atom. The van der Waals surface area contributed by atoms with Gasteiger partial charge in [0.1, 0.15) is 0 Å². The number of anilines is 1. The van der Waals surface area contributed by atoms with Gasteiger partial charge in [0, 0.05) is 31.2 Å². The van der Waals surface area contributed by atoms with Crippen LogP contribution in [0.1, 0.15) is 12.8 Å². The minimum atomic E-state index is -0.243. The van der Waals surface area contributed by atoms with E-state index in [9.17, 15) is 9.59 Å². The van der Waals surface area contributed by atoms with Crippen LogP contribution in [0, 0.1) is 0 Å². The van der Waals surface area contributed by atoms with E-state index in [-0.39, 0.29) is 11.6 Å². The molecule has 7 heteroatoms. The van der Waals surface area contributed by atoms with Gasteiger partial charge in [-0.05, 0) is 45.3 Å². The molecule has 1 atom stereocenters. The SMILES string of the molecule is CN(C)[C@@H]1CCN(CCC(=O)Nc2ccc3[nH]c(=O)[nH]c3c2)C1. The molecule has 1 aliphatic heterocycles. The maximum Gasteiger partial charge on any atom is 0.323 e. The minimum absolute atomic E-state index is 0.00413. The molecule has 1 aromatic heterocycles. The standard InChI is InChI=1S/C16H23N5O2/c1-20(2)12-5-7-21(10-12)8-6-15(22)17-11-3-4-13-14(9-11)19-16(23)18-13/h3-4,9,12H,5-8,10H2,1-2H3,(H,17,22)(H2,18,19,23)/t12-/m1/s1. The Labute approximate surface area is 134 Å². The first-order valence-corrected chi connectivity index (χ1v) is 7.92. The molecule has 0 radical (unpaired) electrons. The number of nitrogens with zero attached hydrogens (tertiary/aromatic N) is 2. The first-order valence-electron chi connectivity index (χ1n) is 7.92. The summed E-state index contributed by atoms with van der Waals surface area (Å²) in [4.78, 5) is 33.3. The highest BCUT2D eigenvalue weighted by Gasteiger charge is 2.23.